The number of rotatable bonds is 7. The highest BCUT2D eigenvalue weighted by Crippen LogP contribution is 2.35. The second-order valence-electron chi connectivity index (χ2n) is 6.30. The maximum absolute atomic E-state index is 12.8. The van der Waals surface area contributed by atoms with Gasteiger partial charge in [-0.25, -0.2) is 0 Å². The lowest BCUT2D eigenvalue weighted by molar-refractivity contribution is -0.136. The molecule has 0 saturated carbocycles. The van der Waals surface area contributed by atoms with Crippen LogP contribution in [0.15, 0.2) is 11.4 Å². The third-order valence-electron chi connectivity index (χ3n) is 4.73. The fraction of sp³-hybridized carbons (Fsp3) is 0.667. The molecule has 1 aliphatic rings. The molecule has 0 radical (unpaired) electrons. The van der Waals surface area contributed by atoms with Crippen LogP contribution in [0, 0.1) is 0 Å². The van der Waals surface area contributed by atoms with Crippen LogP contribution < -0.4 is 0 Å². The number of nitrogens with zero attached hydrogens (tertiary/aromatic N) is 3. The first-order valence-electron chi connectivity index (χ1n) is 8.83. The number of carbonyl (C=O) groups excluding carboxylic acids is 2. The minimum atomic E-state index is 0.0844. The molecule has 0 spiro atoms. The van der Waals surface area contributed by atoms with Crippen LogP contribution in [0.5, 0.6) is 0 Å². The summed E-state index contributed by atoms with van der Waals surface area (Å²) in [5.41, 5.74) is 1.31. The van der Waals surface area contributed by atoms with E-state index >= 15 is 0 Å². The van der Waals surface area contributed by atoms with E-state index in [4.69, 9.17) is 0 Å². The van der Waals surface area contributed by atoms with Crippen molar-refractivity contribution >= 4 is 23.2 Å². The predicted octanol–water partition coefficient (Wildman–Crippen LogP) is 2.38. The number of fused-ring (bicyclic) bond motifs is 1. The first kappa shape index (κ1) is 18.9. The van der Waals surface area contributed by atoms with Gasteiger partial charge in [-0.1, -0.05) is 6.92 Å². The van der Waals surface area contributed by atoms with E-state index in [0.717, 1.165) is 19.4 Å². The number of carbonyl (C=O) groups is 2. The second-order valence-corrected chi connectivity index (χ2v) is 7.30. The SMILES string of the molecule is CCC1c2ccsc2CCN1C(=O)CN(C)CC(=O)N(CC)CC. The minimum absolute atomic E-state index is 0.0844. The second kappa shape index (κ2) is 8.62. The molecule has 6 heteroatoms. The molecule has 1 aromatic heterocycles. The van der Waals surface area contributed by atoms with E-state index in [-0.39, 0.29) is 17.9 Å². The van der Waals surface area contributed by atoms with Crippen LogP contribution in [0.4, 0.5) is 0 Å². The molecule has 2 rings (SSSR count). The molecule has 0 bridgehead atoms. The Morgan fingerprint density at radius 3 is 2.58 bits per heavy atom. The van der Waals surface area contributed by atoms with Crippen LogP contribution >= 0.6 is 11.3 Å². The molecule has 134 valence electrons. The molecule has 2 heterocycles. The lowest BCUT2D eigenvalue weighted by Crippen LogP contribution is -2.46. The average molecular weight is 352 g/mol. The summed E-state index contributed by atoms with van der Waals surface area (Å²) in [6, 6.07) is 2.33. The lowest BCUT2D eigenvalue weighted by atomic mass is 9.98. The topological polar surface area (TPSA) is 43.9 Å². The van der Waals surface area contributed by atoms with Gasteiger partial charge in [0.2, 0.25) is 11.8 Å². The molecule has 0 aromatic carbocycles. The van der Waals surface area contributed by atoms with Crippen molar-refractivity contribution in [3.05, 3.63) is 21.9 Å². The summed E-state index contributed by atoms with van der Waals surface area (Å²) in [6.45, 7) is 8.87. The van der Waals surface area contributed by atoms with Crippen molar-refractivity contribution in [1.29, 1.82) is 0 Å². The molecule has 0 aliphatic carbocycles. The number of thiophene rings is 1. The number of hydrogen-bond donors (Lipinski definition) is 0. The number of likely N-dealkylation sites (N-methyl/N-ethyl adjacent to an activating group) is 2. The zero-order chi connectivity index (χ0) is 17.7. The Kier molecular flexibility index (Phi) is 6.80. The zero-order valence-electron chi connectivity index (χ0n) is 15.2. The van der Waals surface area contributed by atoms with Gasteiger partial charge in [-0.15, -0.1) is 11.3 Å². The largest absolute Gasteiger partial charge is 0.342 e. The van der Waals surface area contributed by atoms with Gasteiger partial charge < -0.3 is 9.80 Å². The Hall–Kier alpha value is -1.40. The standard InChI is InChI=1S/C18H29N3O2S/c1-5-15-14-9-11-24-16(14)8-10-21(15)18(23)13-19(4)12-17(22)20(6-2)7-3/h9,11,15H,5-8,10,12-13H2,1-4H3. The summed E-state index contributed by atoms with van der Waals surface area (Å²) in [6.07, 6.45) is 1.87. The van der Waals surface area contributed by atoms with Gasteiger partial charge in [-0.2, -0.15) is 0 Å². The highest BCUT2D eigenvalue weighted by Gasteiger charge is 2.30. The third kappa shape index (κ3) is 4.16. The van der Waals surface area contributed by atoms with Crippen LogP contribution in [0.3, 0.4) is 0 Å². The third-order valence-corrected chi connectivity index (χ3v) is 5.72. The van der Waals surface area contributed by atoms with Gasteiger partial charge in [-0.3, -0.25) is 14.5 Å². The van der Waals surface area contributed by atoms with E-state index in [1.54, 1.807) is 16.2 Å². The molecule has 24 heavy (non-hydrogen) atoms. The minimum Gasteiger partial charge on any atom is -0.342 e. The molecule has 1 atom stereocenters. The van der Waals surface area contributed by atoms with Gasteiger partial charge in [0, 0.05) is 24.5 Å². The fourth-order valence-electron chi connectivity index (χ4n) is 3.42. The number of hydrogen-bond acceptors (Lipinski definition) is 4. The van der Waals surface area contributed by atoms with E-state index in [9.17, 15) is 9.59 Å². The van der Waals surface area contributed by atoms with Crippen molar-refractivity contribution in [2.24, 2.45) is 0 Å². The highest BCUT2D eigenvalue weighted by molar-refractivity contribution is 7.10. The van der Waals surface area contributed by atoms with E-state index in [0.29, 0.717) is 26.2 Å². The summed E-state index contributed by atoms with van der Waals surface area (Å²) < 4.78 is 0. The van der Waals surface area contributed by atoms with Crippen molar-refractivity contribution in [3.63, 3.8) is 0 Å². The molecular weight excluding hydrogens is 322 g/mol. The summed E-state index contributed by atoms with van der Waals surface area (Å²) >= 11 is 1.79. The quantitative estimate of drug-likeness (QED) is 0.758. The molecule has 0 fully saturated rings. The van der Waals surface area contributed by atoms with E-state index < -0.39 is 0 Å². The van der Waals surface area contributed by atoms with Gasteiger partial charge in [0.1, 0.15) is 0 Å². The van der Waals surface area contributed by atoms with Crippen molar-refractivity contribution in [2.45, 2.75) is 39.7 Å². The molecule has 0 N–H and O–H groups in total. The normalized spacial score (nSPS) is 17.0. The van der Waals surface area contributed by atoms with Crippen molar-refractivity contribution in [3.8, 4) is 0 Å². The van der Waals surface area contributed by atoms with Gasteiger partial charge in [0.25, 0.3) is 0 Å². The van der Waals surface area contributed by atoms with E-state index in [1.807, 2.05) is 30.7 Å². The van der Waals surface area contributed by atoms with Gasteiger partial charge >= 0.3 is 0 Å². The van der Waals surface area contributed by atoms with Crippen molar-refractivity contribution in [1.82, 2.24) is 14.7 Å². The maximum atomic E-state index is 12.8. The molecular formula is C18H29N3O2S. The molecule has 2 amide bonds. The lowest BCUT2D eigenvalue weighted by Gasteiger charge is -2.36. The molecule has 1 unspecified atom stereocenters. The van der Waals surface area contributed by atoms with Gasteiger partial charge in [0.05, 0.1) is 19.1 Å². The maximum Gasteiger partial charge on any atom is 0.237 e. The van der Waals surface area contributed by atoms with E-state index in [2.05, 4.69) is 18.4 Å². The Bertz CT molecular complexity index is 568. The smallest absolute Gasteiger partial charge is 0.237 e. The Morgan fingerprint density at radius 2 is 1.96 bits per heavy atom. The molecule has 1 aromatic rings. The highest BCUT2D eigenvalue weighted by atomic mass is 32.1. The molecule has 0 saturated heterocycles. The van der Waals surface area contributed by atoms with Crippen LogP contribution in [0.2, 0.25) is 0 Å². The Labute approximate surface area is 149 Å². The van der Waals surface area contributed by atoms with Gasteiger partial charge in [0.15, 0.2) is 0 Å². The first-order valence-corrected chi connectivity index (χ1v) is 9.71. The predicted molar refractivity (Wildman–Crippen MR) is 98.2 cm³/mol. The summed E-state index contributed by atoms with van der Waals surface area (Å²) in [4.78, 5) is 32.0. The van der Waals surface area contributed by atoms with Crippen molar-refractivity contribution < 1.29 is 9.59 Å². The fourth-order valence-corrected chi connectivity index (χ4v) is 4.35. The summed E-state index contributed by atoms with van der Waals surface area (Å²) in [7, 11) is 1.85. The molecule has 5 nitrogen and oxygen atoms in total. The monoisotopic (exact) mass is 351 g/mol. The summed E-state index contributed by atoms with van der Waals surface area (Å²) in [5, 5.41) is 2.12. The van der Waals surface area contributed by atoms with Crippen LogP contribution in [0.25, 0.3) is 0 Å². The van der Waals surface area contributed by atoms with Crippen LogP contribution in [-0.4, -0.2) is 66.3 Å². The Morgan fingerprint density at radius 1 is 1.25 bits per heavy atom. The number of amides is 2. The van der Waals surface area contributed by atoms with E-state index in [1.165, 1.54) is 10.4 Å². The van der Waals surface area contributed by atoms with Crippen LogP contribution in [0.1, 0.15) is 43.7 Å². The van der Waals surface area contributed by atoms with Crippen LogP contribution in [-0.2, 0) is 16.0 Å². The molecule has 1 aliphatic heterocycles. The summed E-state index contributed by atoms with van der Waals surface area (Å²) in [5.74, 6) is 0.203. The Balaban J connectivity index is 1.95. The average Bonchev–Trinajstić information content (AvgIpc) is 3.03. The zero-order valence-corrected chi connectivity index (χ0v) is 16.1. The first-order chi connectivity index (χ1) is 11.5. The van der Waals surface area contributed by atoms with Gasteiger partial charge in [-0.05, 0) is 50.7 Å². The van der Waals surface area contributed by atoms with Crippen molar-refractivity contribution in [2.75, 3.05) is 39.8 Å².